The van der Waals surface area contributed by atoms with Crippen molar-refractivity contribution >= 4 is 21.6 Å². The Balaban J connectivity index is 1.57. The van der Waals surface area contributed by atoms with Gasteiger partial charge in [0.25, 0.3) is 10.0 Å². The molecule has 0 saturated heterocycles. The van der Waals surface area contributed by atoms with Crippen molar-refractivity contribution in [1.29, 1.82) is 0 Å². The van der Waals surface area contributed by atoms with Gasteiger partial charge >= 0.3 is 0 Å². The SMILES string of the molecule is CCOc1cccc(CNC(=O)CN(c2ccc(F)cc2)S(=O)(=O)c2ccc3c(c2)OCCO3)c1. The monoisotopic (exact) mass is 500 g/mol. The highest BCUT2D eigenvalue weighted by molar-refractivity contribution is 7.92. The second kappa shape index (κ2) is 10.6. The minimum atomic E-state index is -4.20. The first-order valence-electron chi connectivity index (χ1n) is 11.0. The summed E-state index contributed by atoms with van der Waals surface area (Å²) in [6.45, 7) is 2.73. The van der Waals surface area contributed by atoms with Crippen molar-refractivity contribution in [2.75, 3.05) is 30.7 Å². The van der Waals surface area contributed by atoms with Gasteiger partial charge in [0.1, 0.15) is 31.3 Å². The molecule has 1 N–H and O–H groups in total. The van der Waals surface area contributed by atoms with E-state index in [9.17, 15) is 17.6 Å². The topological polar surface area (TPSA) is 94.2 Å². The molecule has 1 aliphatic rings. The van der Waals surface area contributed by atoms with E-state index in [0.717, 1.165) is 22.0 Å². The normalized spacial score (nSPS) is 12.6. The molecule has 0 fully saturated rings. The lowest BCUT2D eigenvalue weighted by molar-refractivity contribution is -0.119. The standard InChI is InChI=1S/C25H25FN2O6S/c1-2-32-21-5-3-4-18(14-21)16-27-25(29)17-28(20-8-6-19(26)7-9-20)35(30,31)22-10-11-23-24(15-22)34-13-12-33-23/h3-11,14-15H,2,12-13,16-17H2,1H3,(H,27,29). The van der Waals surface area contributed by atoms with Gasteiger partial charge in [-0.25, -0.2) is 12.8 Å². The molecule has 0 bridgehead atoms. The van der Waals surface area contributed by atoms with Crippen molar-refractivity contribution in [2.24, 2.45) is 0 Å². The number of halogens is 1. The minimum Gasteiger partial charge on any atom is -0.494 e. The molecule has 0 spiro atoms. The van der Waals surface area contributed by atoms with E-state index < -0.39 is 28.3 Å². The molecule has 3 aromatic rings. The number of amides is 1. The van der Waals surface area contributed by atoms with Crippen LogP contribution >= 0.6 is 0 Å². The third kappa shape index (κ3) is 5.83. The summed E-state index contributed by atoms with van der Waals surface area (Å²) >= 11 is 0. The Bertz CT molecular complexity index is 1300. The van der Waals surface area contributed by atoms with Gasteiger partial charge in [0.05, 0.1) is 17.2 Å². The van der Waals surface area contributed by atoms with Crippen molar-refractivity contribution in [3.8, 4) is 17.2 Å². The van der Waals surface area contributed by atoms with Crippen LogP contribution in [0.2, 0.25) is 0 Å². The molecule has 0 unspecified atom stereocenters. The van der Waals surface area contributed by atoms with Crippen LogP contribution in [0.25, 0.3) is 0 Å². The Labute approximate surface area is 203 Å². The van der Waals surface area contributed by atoms with Gasteiger partial charge in [0, 0.05) is 12.6 Å². The number of rotatable bonds is 9. The fourth-order valence-corrected chi connectivity index (χ4v) is 4.97. The Hall–Kier alpha value is -3.79. The van der Waals surface area contributed by atoms with Crippen molar-refractivity contribution in [3.63, 3.8) is 0 Å². The Kier molecular flexibility index (Phi) is 7.40. The van der Waals surface area contributed by atoms with Gasteiger partial charge in [-0.1, -0.05) is 12.1 Å². The van der Waals surface area contributed by atoms with E-state index in [4.69, 9.17) is 14.2 Å². The van der Waals surface area contributed by atoms with Gasteiger partial charge in [-0.15, -0.1) is 0 Å². The number of hydrogen-bond donors (Lipinski definition) is 1. The maximum absolute atomic E-state index is 13.6. The van der Waals surface area contributed by atoms with Crippen LogP contribution in [0.3, 0.4) is 0 Å². The van der Waals surface area contributed by atoms with E-state index in [-0.39, 0.29) is 17.1 Å². The number of nitrogens with one attached hydrogen (secondary N) is 1. The van der Waals surface area contributed by atoms with Crippen LogP contribution in [-0.2, 0) is 21.4 Å². The molecule has 1 aliphatic heterocycles. The molecule has 0 aliphatic carbocycles. The second-order valence-corrected chi connectivity index (χ2v) is 9.51. The summed E-state index contributed by atoms with van der Waals surface area (Å²) in [6, 6.07) is 16.4. The van der Waals surface area contributed by atoms with Crippen LogP contribution in [0.15, 0.2) is 71.6 Å². The first kappa shape index (κ1) is 24.3. The lowest BCUT2D eigenvalue weighted by Crippen LogP contribution is -2.40. The summed E-state index contributed by atoms with van der Waals surface area (Å²) in [6.07, 6.45) is 0. The molecule has 35 heavy (non-hydrogen) atoms. The molecule has 0 atom stereocenters. The third-order valence-corrected chi connectivity index (χ3v) is 6.97. The number of carbonyl (C=O) groups excluding carboxylic acids is 1. The fourth-order valence-electron chi connectivity index (χ4n) is 3.53. The fraction of sp³-hybridized carbons (Fsp3) is 0.240. The maximum atomic E-state index is 13.6. The van der Waals surface area contributed by atoms with Crippen LogP contribution < -0.4 is 23.8 Å². The number of fused-ring (bicyclic) bond motifs is 1. The average Bonchev–Trinajstić information content (AvgIpc) is 2.87. The first-order valence-corrected chi connectivity index (χ1v) is 12.5. The van der Waals surface area contributed by atoms with Crippen molar-refractivity contribution in [2.45, 2.75) is 18.4 Å². The van der Waals surface area contributed by atoms with Gasteiger partial charge in [0.2, 0.25) is 5.91 Å². The Morgan fingerprint density at radius 1 is 1.03 bits per heavy atom. The molecular weight excluding hydrogens is 475 g/mol. The zero-order valence-electron chi connectivity index (χ0n) is 19.1. The molecule has 184 valence electrons. The van der Waals surface area contributed by atoms with Crippen LogP contribution in [0, 0.1) is 5.82 Å². The van der Waals surface area contributed by atoms with E-state index in [2.05, 4.69) is 5.32 Å². The second-order valence-electron chi connectivity index (χ2n) is 7.65. The molecular formula is C25H25FN2O6S. The lowest BCUT2D eigenvalue weighted by atomic mass is 10.2. The smallest absolute Gasteiger partial charge is 0.264 e. The molecule has 0 radical (unpaired) electrons. The summed E-state index contributed by atoms with van der Waals surface area (Å²) in [4.78, 5) is 12.7. The number of ether oxygens (including phenoxy) is 3. The molecule has 0 saturated carbocycles. The van der Waals surface area contributed by atoms with Gasteiger partial charge < -0.3 is 19.5 Å². The predicted octanol–water partition coefficient (Wildman–Crippen LogP) is 3.51. The average molecular weight is 501 g/mol. The van der Waals surface area contributed by atoms with Crippen LogP contribution in [0.4, 0.5) is 10.1 Å². The number of anilines is 1. The molecule has 1 amide bonds. The van der Waals surface area contributed by atoms with Gasteiger partial charge in [-0.05, 0) is 61.0 Å². The Morgan fingerprint density at radius 3 is 2.51 bits per heavy atom. The molecule has 0 aromatic heterocycles. The quantitative estimate of drug-likeness (QED) is 0.483. The van der Waals surface area contributed by atoms with Gasteiger partial charge in [-0.3, -0.25) is 9.10 Å². The van der Waals surface area contributed by atoms with Gasteiger partial charge in [-0.2, -0.15) is 0 Å². The molecule has 1 heterocycles. The van der Waals surface area contributed by atoms with E-state index in [1.807, 2.05) is 25.1 Å². The number of sulfonamides is 1. The highest BCUT2D eigenvalue weighted by atomic mass is 32.2. The zero-order chi connectivity index (χ0) is 24.8. The minimum absolute atomic E-state index is 0.0803. The van der Waals surface area contributed by atoms with Crippen LogP contribution in [0.5, 0.6) is 17.2 Å². The summed E-state index contributed by atoms with van der Waals surface area (Å²) in [5.41, 5.74) is 0.946. The maximum Gasteiger partial charge on any atom is 0.264 e. The largest absolute Gasteiger partial charge is 0.494 e. The van der Waals surface area contributed by atoms with Crippen LogP contribution in [0.1, 0.15) is 12.5 Å². The summed E-state index contributed by atoms with van der Waals surface area (Å²) in [5, 5.41) is 2.73. The number of nitrogens with zero attached hydrogens (tertiary/aromatic N) is 1. The van der Waals surface area contributed by atoms with E-state index in [1.165, 1.54) is 30.3 Å². The van der Waals surface area contributed by atoms with Crippen molar-refractivity contribution in [1.82, 2.24) is 5.32 Å². The van der Waals surface area contributed by atoms with E-state index in [0.29, 0.717) is 37.1 Å². The summed E-state index contributed by atoms with van der Waals surface area (Å²) in [7, 11) is -4.20. The number of hydrogen-bond acceptors (Lipinski definition) is 6. The van der Waals surface area contributed by atoms with Crippen molar-refractivity contribution < 1.29 is 31.8 Å². The first-order chi connectivity index (χ1) is 16.9. The summed E-state index contributed by atoms with van der Waals surface area (Å²) in [5.74, 6) is 0.361. The molecule has 3 aromatic carbocycles. The molecule has 8 nitrogen and oxygen atoms in total. The zero-order valence-corrected chi connectivity index (χ0v) is 19.9. The molecule has 4 rings (SSSR count). The number of carbonyl (C=O) groups is 1. The van der Waals surface area contributed by atoms with Crippen LogP contribution in [-0.4, -0.2) is 40.7 Å². The Morgan fingerprint density at radius 2 is 1.77 bits per heavy atom. The summed E-state index contributed by atoms with van der Waals surface area (Å²) < 4.78 is 58.0. The van der Waals surface area contributed by atoms with E-state index in [1.54, 1.807) is 6.07 Å². The third-order valence-electron chi connectivity index (χ3n) is 5.20. The van der Waals surface area contributed by atoms with E-state index >= 15 is 0 Å². The highest BCUT2D eigenvalue weighted by Crippen LogP contribution is 2.34. The highest BCUT2D eigenvalue weighted by Gasteiger charge is 2.29. The van der Waals surface area contributed by atoms with Crippen molar-refractivity contribution in [3.05, 3.63) is 78.1 Å². The number of benzene rings is 3. The van der Waals surface area contributed by atoms with Gasteiger partial charge in [0.15, 0.2) is 11.5 Å². The molecule has 10 heteroatoms. The predicted molar refractivity (Wildman–Crippen MR) is 128 cm³/mol. The lowest BCUT2D eigenvalue weighted by Gasteiger charge is -2.25.